The van der Waals surface area contributed by atoms with Crippen molar-refractivity contribution in [3.8, 4) is 0 Å². The maximum absolute atomic E-state index is 5.56. The Morgan fingerprint density at radius 1 is 1.45 bits per heavy atom. The van der Waals surface area contributed by atoms with E-state index in [1.165, 1.54) is 0 Å². The molecule has 1 atom stereocenters. The fraction of sp³-hybridized carbons (Fsp3) is 0.714. The monoisotopic (exact) mass is 218 g/mol. The van der Waals surface area contributed by atoms with E-state index >= 15 is 0 Å². The summed E-state index contributed by atoms with van der Waals surface area (Å²) in [5, 5.41) is 0. The van der Waals surface area contributed by atoms with Gasteiger partial charge in [0, 0.05) is 12.5 Å². The highest BCUT2D eigenvalue weighted by atomic mass is 35.5. The fourth-order valence-electron chi connectivity index (χ4n) is 0.569. The molecule has 0 radical (unpaired) electrons. The van der Waals surface area contributed by atoms with Crippen LogP contribution in [0.25, 0.3) is 0 Å². The van der Waals surface area contributed by atoms with Gasteiger partial charge in [0.25, 0.3) is 0 Å². The molecule has 0 spiro atoms. The minimum atomic E-state index is 0. The summed E-state index contributed by atoms with van der Waals surface area (Å²) in [6, 6.07) is 0. The molecular weight excluding hydrogens is 206 g/mol. The molecular formula is C7H13Cl3O. The Bertz CT molecular complexity index is 95.7. The van der Waals surface area contributed by atoms with Crippen LogP contribution in [0.4, 0.5) is 0 Å². The summed E-state index contributed by atoms with van der Waals surface area (Å²) in [5.41, 5.74) is 0. The van der Waals surface area contributed by atoms with Crippen LogP contribution in [0.3, 0.4) is 0 Å². The Morgan fingerprint density at radius 3 is 2.45 bits per heavy atom. The molecule has 0 aliphatic heterocycles. The second-order valence-corrected chi connectivity index (χ2v) is 2.35. The summed E-state index contributed by atoms with van der Waals surface area (Å²) in [5.74, 6) is 1.00. The minimum absolute atomic E-state index is 0. The van der Waals surface area contributed by atoms with Crippen molar-refractivity contribution in [2.45, 2.75) is 13.0 Å². The maximum atomic E-state index is 5.56. The summed E-state index contributed by atoms with van der Waals surface area (Å²) in [6.07, 6.45) is 3.73. The van der Waals surface area contributed by atoms with E-state index in [-0.39, 0.29) is 18.5 Å². The molecule has 68 valence electrons. The predicted octanol–water partition coefficient (Wildman–Crippen LogP) is 2.85. The van der Waals surface area contributed by atoms with Gasteiger partial charge in [-0.05, 0) is 6.92 Å². The van der Waals surface area contributed by atoms with Crippen LogP contribution in [-0.4, -0.2) is 24.5 Å². The van der Waals surface area contributed by atoms with E-state index in [1.54, 1.807) is 0 Å². The molecule has 0 bridgehead atoms. The second kappa shape index (κ2) is 10.6. The van der Waals surface area contributed by atoms with Crippen molar-refractivity contribution in [2.24, 2.45) is 0 Å². The van der Waals surface area contributed by atoms with Crippen LogP contribution >= 0.6 is 35.6 Å². The van der Waals surface area contributed by atoms with E-state index in [0.717, 1.165) is 0 Å². The van der Waals surface area contributed by atoms with Crippen molar-refractivity contribution >= 4 is 35.6 Å². The number of rotatable bonds is 5. The van der Waals surface area contributed by atoms with Crippen LogP contribution in [-0.2, 0) is 4.74 Å². The van der Waals surface area contributed by atoms with E-state index in [4.69, 9.17) is 27.9 Å². The van der Waals surface area contributed by atoms with Gasteiger partial charge in [-0.25, -0.2) is 0 Å². The lowest BCUT2D eigenvalue weighted by atomic mass is 10.3. The zero-order chi connectivity index (χ0) is 7.82. The van der Waals surface area contributed by atoms with Crippen molar-refractivity contribution in [3.05, 3.63) is 12.2 Å². The molecule has 1 nitrogen and oxygen atoms in total. The average Bonchev–Trinajstić information content (AvgIpc) is 1.98. The largest absolute Gasteiger partial charge is 0.373 e. The molecule has 0 aromatic carbocycles. The van der Waals surface area contributed by atoms with Gasteiger partial charge >= 0.3 is 0 Å². The standard InChI is InChI=1S/C7H12Cl2O.ClH/c1-2-10-7(6-9)4-3-5-8;/h3-4,7H,2,5-6H2,1H3;1H. The smallest absolute Gasteiger partial charge is 0.0891 e. The van der Waals surface area contributed by atoms with E-state index in [9.17, 15) is 0 Å². The van der Waals surface area contributed by atoms with Crippen LogP contribution in [0.1, 0.15) is 6.92 Å². The number of ether oxygens (including phenoxy) is 1. The van der Waals surface area contributed by atoms with Gasteiger partial charge in [0.1, 0.15) is 0 Å². The van der Waals surface area contributed by atoms with Gasteiger partial charge < -0.3 is 4.74 Å². The molecule has 0 N–H and O–H groups in total. The highest BCUT2D eigenvalue weighted by Crippen LogP contribution is 1.97. The van der Waals surface area contributed by atoms with Crippen LogP contribution in [0, 0.1) is 0 Å². The number of hydrogen-bond donors (Lipinski definition) is 0. The normalized spacial score (nSPS) is 13.0. The van der Waals surface area contributed by atoms with E-state index < -0.39 is 0 Å². The van der Waals surface area contributed by atoms with Gasteiger partial charge in [-0.1, -0.05) is 12.2 Å². The maximum Gasteiger partial charge on any atom is 0.0891 e. The summed E-state index contributed by atoms with van der Waals surface area (Å²) < 4.78 is 5.22. The van der Waals surface area contributed by atoms with Crippen molar-refractivity contribution < 1.29 is 4.74 Å². The molecule has 0 aliphatic carbocycles. The van der Waals surface area contributed by atoms with E-state index in [1.807, 2.05) is 19.1 Å². The highest BCUT2D eigenvalue weighted by molar-refractivity contribution is 6.19. The molecule has 11 heavy (non-hydrogen) atoms. The highest BCUT2D eigenvalue weighted by Gasteiger charge is 1.98. The topological polar surface area (TPSA) is 9.23 Å². The molecule has 4 heteroatoms. The van der Waals surface area contributed by atoms with Gasteiger partial charge in [0.05, 0.1) is 12.0 Å². The van der Waals surface area contributed by atoms with Crippen molar-refractivity contribution in [3.63, 3.8) is 0 Å². The van der Waals surface area contributed by atoms with Gasteiger partial charge in [0.2, 0.25) is 0 Å². The lowest BCUT2D eigenvalue weighted by Gasteiger charge is -2.07. The SMILES string of the molecule is CCOC(C=CCCl)CCl.Cl. The van der Waals surface area contributed by atoms with Crippen molar-refractivity contribution in [2.75, 3.05) is 18.4 Å². The molecule has 0 aromatic rings. The minimum Gasteiger partial charge on any atom is -0.373 e. The molecule has 0 aliphatic rings. The van der Waals surface area contributed by atoms with Crippen molar-refractivity contribution in [1.82, 2.24) is 0 Å². The predicted molar refractivity (Wildman–Crippen MR) is 53.2 cm³/mol. The van der Waals surface area contributed by atoms with Gasteiger partial charge in [-0.3, -0.25) is 0 Å². The van der Waals surface area contributed by atoms with Crippen LogP contribution in [0.15, 0.2) is 12.2 Å². The lowest BCUT2D eigenvalue weighted by molar-refractivity contribution is 0.112. The Balaban J connectivity index is 0. The second-order valence-electron chi connectivity index (χ2n) is 1.73. The first-order chi connectivity index (χ1) is 4.85. The first kappa shape index (κ1) is 14.1. The van der Waals surface area contributed by atoms with Gasteiger partial charge in [-0.15, -0.1) is 35.6 Å². The Hall–Kier alpha value is 0.570. The third-order valence-corrected chi connectivity index (χ3v) is 1.45. The number of allylic oxidation sites excluding steroid dienone is 1. The third-order valence-electron chi connectivity index (χ3n) is 0.973. The molecule has 0 aromatic heterocycles. The fourth-order valence-corrected chi connectivity index (χ4v) is 0.864. The molecule has 0 fully saturated rings. The molecule has 0 amide bonds. The summed E-state index contributed by atoms with van der Waals surface area (Å²) in [7, 11) is 0. The Kier molecular flexibility index (Phi) is 13.6. The summed E-state index contributed by atoms with van der Waals surface area (Å²) >= 11 is 11.0. The lowest BCUT2D eigenvalue weighted by Crippen LogP contribution is -2.10. The average molecular weight is 220 g/mol. The molecule has 0 rings (SSSR count). The number of alkyl halides is 2. The third kappa shape index (κ3) is 8.48. The van der Waals surface area contributed by atoms with E-state index in [2.05, 4.69) is 0 Å². The summed E-state index contributed by atoms with van der Waals surface area (Å²) in [6.45, 7) is 2.62. The first-order valence-corrected chi connectivity index (χ1v) is 4.32. The zero-order valence-corrected chi connectivity index (χ0v) is 8.75. The Labute approximate surface area is 84.1 Å². The molecule has 0 heterocycles. The number of halogens is 3. The number of hydrogen-bond acceptors (Lipinski definition) is 1. The van der Waals surface area contributed by atoms with E-state index in [0.29, 0.717) is 18.4 Å². The van der Waals surface area contributed by atoms with Crippen LogP contribution in [0.5, 0.6) is 0 Å². The Morgan fingerprint density at radius 2 is 2.09 bits per heavy atom. The van der Waals surface area contributed by atoms with Gasteiger partial charge in [0.15, 0.2) is 0 Å². The van der Waals surface area contributed by atoms with Crippen LogP contribution in [0.2, 0.25) is 0 Å². The van der Waals surface area contributed by atoms with Crippen molar-refractivity contribution in [1.29, 1.82) is 0 Å². The van der Waals surface area contributed by atoms with Gasteiger partial charge in [-0.2, -0.15) is 0 Å². The molecule has 0 saturated carbocycles. The molecule has 0 saturated heterocycles. The first-order valence-electron chi connectivity index (χ1n) is 3.25. The van der Waals surface area contributed by atoms with Crippen LogP contribution < -0.4 is 0 Å². The summed E-state index contributed by atoms with van der Waals surface area (Å²) in [4.78, 5) is 0. The quantitative estimate of drug-likeness (QED) is 0.510. The molecule has 1 unspecified atom stereocenters. The zero-order valence-electron chi connectivity index (χ0n) is 6.43.